The van der Waals surface area contributed by atoms with Crippen LogP contribution in [-0.4, -0.2) is 54.2 Å². The Morgan fingerprint density at radius 1 is 1.71 bits per heavy atom. The average Bonchev–Trinajstić information content (AvgIpc) is 2.83. The Labute approximate surface area is 99.8 Å². The van der Waals surface area contributed by atoms with E-state index in [-0.39, 0.29) is 5.69 Å². The van der Waals surface area contributed by atoms with Gasteiger partial charge in [-0.1, -0.05) is 0 Å². The van der Waals surface area contributed by atoms with Crippen molar-refractivity contribution in [2.75, 3.05) is 32.1 Å². The number of aromatic nitrogens is 1. The van der Waals surface area contributed by atoms with Gasteiger partial charge in [0.2, 0.25) is 0 Å². The van der Waals surface area contributed by atoms with Crippen molar-refractivity contribution in [3.8, 4) is 0 Å². The number of hydrogen-bond acceptors (Lipinski definition) is 5. The summed E-state index contributed by atoms with van der Waals surface area (Å²) in [5.74, 6) is -1.05. The second-order valence-electron chi connectivity index (χ2n) is 4.57. The molecular formula is C11H17N3O3. The molecular weight excluding hydrogens is 222 g/mol. The van der Waals surface area contributed by atoms with E-state index >= 15 is 0 Å². The maximum Gasteiger partial charge on any atom is 0.357 e. The molecule has 6 heteroatoms. The van der Waals surface area contributed by atoms with Crippen LogP contribution in [0.4, 0.5) is 6.01 Å². The van der Waals surface area contributed by atoms with Crippen LogP contribution >= 0.6 is 0 Å². The first-order valence-corrected chi connectivity index (χ1v) is 5.68. The molecule has 0 bridgehead atoms. The van der Waals surface area contributed by atoms with Crippen LogP contribution < -0.4 is 4.90 Å². The maximum absolute atomic E-state index is 10.7. The van der Waals surface area contributed by atoms with Gasteiger partial charge in [-0.05, 0) is 26.9 Å². The smallest absolute Gasteiger partial charge is 0.357 e. The van der Waals surface area contributed by atoms with Gasteiger partial charge in [0.05, 0.1) is 0 Å². The molecule has 1 aliphatic rings. The third-order valence-corrected chi connectivity index (χ3v) is 2.91. The Hall–Kier alpha value is -1.56. The highest BCUT2D eigenvalue weighted by atomic mass is 16.4. The Morgan fingerprint density at radius 3 is 3.06 bits per heavy atom. The molecule has 1 aliphatic heterocycles. The van der Waals surface area contributed by atoms with E-state index in [9.17, 15) is 4.79 Å². The van der Waals surface area contributed by atoms with E-state index in [1.54, 1.807) is 0 Å². The zero-order valence-corrected chi connectivity index (χ0v) is 10.1. The number of carboxylic acids is 1. The summed E-state index contributed by atoms with van der Waals surface area (Å²) in [5, 5.41) is 8.80. The second-order valence-corrected chi connectivity index (χ2v) is 4.57. The van der Waals surface area contributed by atoms with Crippen LogP contribution in [0.3, 0.4) is 0 Å². The third-order valence-electron chi connectivity index (χ3n) is 2.91. The molecule has 0 amide bonds. The highest BCUT2D eigenvalue weighted by Crippen LogP contribution is 2.25. The van der Waals surface area contributed by atoms with Crippen LogP contribution in [0.2, 0.25) is 0 Å². The molecule has 2 heterocycles. The molecule has 0 saturated carbocycles. The third kappa shape index (κ3) is 2.58. The maximum atomic E-state index is 10.7. The van der Waals surface area contributed by atoms with Crippen LogP contribution in [0.5, 0.6) is 0 Å². The quantitative estimate of drug-likeness (QED) is 0.842. The van der Waals surface area contributed by atoms with Crippen LogP contribution in [0, 0.1) is 0 Å². The van der Waals surface area contributed by atoms with Crippen molar-refractivity contribution < 1.29 is 14.3 Å². The van der Waals surface area contributed by atoms with Crippen molar-refractivity contribution in [1.82, 2.24) is 9.88 Å². The Morgan fingerprint density at radius 2 is 2.47 bits per heavy atom. The van der Waals surface area contributed by atoms with E-state index in [1.807, 2.05) is 19.0 Å². The molecule has 0 radical (unpaired) electrons. The summed E-state index contributed by atoms with van der Waals surface area (Å²) in [4.78, 5) is 18.9. The van der Waals surface area contributed by atoms with Crippen molar-refractivity contribution in [3.63, 3.8) is 0 Å². The van der Waals surface area contributed by atoms with Gasteiger partial charge in [0.25, 0.3) is 6.01 Å². The summed E-state index contributed by atoms with van der Waals surface area (Å²) in [6.07, 6.45) is 3.37. The zero-order chi connectivity index (χ0) is 12.4. The first-order chi connectivity index (χ1) is 8.08. The van der Waals surface area contributed by atoms with Crippen LogP contribution in [-0.2, 0) is 0 Å². The van der Waals surface area contributed by atoms with Crippen LogP contribution in [0.15, 0.2) is 10.7 Å². The molecule has 1 aromatic rings. The topological polar surface area (TPSA) is 69.8 Å². The summed E-state index contributed by atoms with van der Waals surface area (Å²) in [5.41, 5.74) is -0.0319. The van der Waals surface area contributed by atoms with Gasteiger partial charge in [-0.3, -0.25) is 0 Å². The predicted octanol–water partition coefficient (Wildman–Crippen LogP) is 0.903. The number of anilines is 1. The van der Waals surface area contributed by atoms with Gasteiger partial charge < -0.3 is 19.3 Å². The lowest BCUT2D eigenvalue weighted by Crippen LogP contribution is -2.37. The highest BCUT2D eigenvalue weighted by Gasteiger charge is 2.28. The SMILES string of the molecule is CN(C)CC1CCCN1c1nc(C(=O)O)co1. The van der Waals surface area contributed by atoms with Gasteiger partial charge in [-0.15, -0.1) is 0 Å². The second kappa shape index (κ2) is 4.75. The van der Waals surface area contributed by atoms with Crippen LogP contribution in [0.1, 0.15) is 23.3 Å². The number of oxazole rings is 1. The summed E-state index contributed by atoms with van der Waals surface area (Å²) < 4.78 is 5.24. The average molecular weight is 239 g/mol. The zero-order valence-electron chi connectivity index (χ0n) is 10.1. The highest BCUT2D eigenvalue weighted by molar-refractivity contribution is 5.85. The fraction of sp³-hybridized carbons (Fsp3) is 0.636. The number of carbonyl (C=O) groups is 1. The standard InChI is InChI=1S/C11H17N3O3/c1-13(2)6-8-4-3-5-14(8)11-12-9(7-17-11)10(15)16/h7-8H,3-6H2,1-2H3,(H,15,16). The number of hydrogen-bond donors (Lipinski definition) is 1. The molecule has 6 nitrogen and oxygen atoms in total. The Bertz CT molecular complexity index is 402. The lowest BCUT2D eigenvalue weighted by atomic mass is 10.2. The molecule has 17 heavy (non-hydrogen) atoms. The fourth-order valence-electron chi connectivity index (χ4n) is 2.19. The lowest BCUT2D eigenvalue weighted by molar-refractivity contribution is 0.0690. The molecule has 1 saturated heterocycles. The predicted molar refractivity (Wildman–Crippen MR) is 62.4 cm³/mol. The van der Waals surface area contributed by atoms with E-state index in [2.05, 4.69) is 9.88 Å². The summed E-state index contributed by atoms with van der Waals surface area (Å²) >= 11 is 0. The van der Waals surface area contributed by atoms with Gasteiger partial charge in [0.15, 0.2) is 5.69 Å². The molecule has 1 N–H and O–H groups in total. The van der Waals surface area contributed by atoms with Crippen molar-refractivity contribution in [3.05, 3.63) is 12.0 Å². The van der Waals surface area contributed by atoms with Crippen molar-refractivity contribution in [2.24, 2.45) is 0 Å². The molecule has 1 aromatic heterocycles. The Balaban J connectivity index is 2.11. The molecule has 1 atom stereocenters. The summed E-state index contributed by atoms with van der Waals surface area (Å²) in [7, 11) is 4.05. The molecule has 2 rings (SSSR count). The van der Waals surface area contributed by atoms with E-state index < -0.39 is 5.97 Å². The molecule has 0 spiro atoms. The Kier molecular flexibility index (Phi) is 3.33. The normalized spacial score (nSPS) is 20.2. The molecule has 94 valence electrons. The first kappa shape index (κ1) is 11.9. The van der Waals surface area contributed by atoms with E-state index in [0.29, 0.717) is 12.1 Å². The number of aromatic carboxylic acids is 1. The molecule has 0 aliphatic carbocycles. The number of carboxylic acid groups (broad SMARTS) is 1. The minimum Gasteiger partial charge on any atom is -0.476 e. The van der Waals surface area contributed by atoms with E-state index in [1.165, 1.54) is 6.26 Å². The van der Waals surface area contributed by atoms with Crippen LogP contribution in [0.25, 0.3) is 0 Å². The number of nitrogens with zero attached hydrogens (tertiary/aromatic N) is 3. The molecule has 0 aromatic carbocycles. The molecule has 1 fully saturated rings. The van der Waals surface area contributed by atoms with Gasteiger partial charge in [0, 0.05) is 19.1 Å². The van der Waals surface area contributed by atoms with E-state index in [0.717, 1.165) is 25.9 Å². The van der Waals surface area contributed by atoms with Crippen molar-refractivity contribution in [1.29, 1.82) is 0 Å². The van der Waals surface area contributed by atoms with Crippen molar-refractivity contribution in [2.45, 2.75) is 18.9 Å². The summed E-state index contributed by atoms with van der Waals surface area (Å²) in [6, 6.07) is 0.775. The minimum atomic E-state index is -1.05. The number of likely N-dealkylation sites (N-methyl/N-ethyl adjacent to an activating group) is 1. The lowest BCUT2D eigenvalue weighted by Gasteiger charge is -2.25. The summed E-state index contributed by atoms with van der Waals surface area (Å²) in [6.45, 7) is 1.79. The van der Waals surface area contributed by atoms with Gasteiger partial charge >= 0.3 is 5.97 Å². The van der Waals surface area contributed by atoms with Gasteiger partial charge in [0.1, 0.15) is 6.26 Å². The van der Waals surface area contributed by atoms with E-state index in [4.69, 9.17) is 9.52 Å². The van der Waals surface area contributed by atoms with Gasteiger partial charge in [-0.2, -0.15) is 4.98 Å². The number of rotatable bonds is 4. The molecule has 1 unspecified atom stereocenters. The van der Waals surface area contributed by atoms with Crippen molar-refractivity contribution >= 4 is 12.0 Å². The monoisotopic (exact) mass is 239 g/mol. The fourth-order valence-corrected chi connectivity index (χ4v) is 2.19. The first-order valence-electron chi connectivity index (χ1n) is 5.68. The minimum absolute atomic E-state index is 0.0319. The largest absolute Gasteiger partial charge is 0.476 e. The van der Waals surface area contributed by atoms with Gasteiger partial charge in [-0.25, -0.2) is 4.79 Å².